The second kappa shape index (κ2) is 9.41. The Labute approximate surface area is 144 Å². The number of carbonyl (C=O) groups is 2. The SMILES string of the molecule is Cc1ccc(/C=C/C2CCC(=O)C2CCCCCCC(=O)O)cc1. The lowest BCUT2D eigenvalue weighted by atomic mass is 9.89. The summed E-state index contributed by atoms with van der Waals surface area (Å²) in [5.74, 6) is 0.199. The normalized spacial score (nSPS) is 20.8. The largest absolute Gasteiger partial charge is 0.481 e. The standard InChI is InChI=1S/C21H28O3/c1-16-8-10-17(11-9-16)12-13-18-14-15-20(22)19(18)6-4-2-3-5-7-21(23)24/h8-13,18-19H,2-7,14-15H2,1H3,(H,23,24)/b13-12+. The molecule has 1 saturated carbocycles. The van der Waals surface area contributed by atoms with Crippen LogP contribution in [0.5, 0.6) is 0 Å². The second-order valence-corrected chi connectivity index (χ2v) is 6.89. The number of unbranched alkanes of at least 4 members (excludes halogenated alkanes) is 3. The highest BCUT2D eigenvalue weighted by Crippen LogP contribution is 2.34. The first-order chi connectivity index (χ1) is 11.6. The number of aliphatic carboxylic acids is 1. The number of carbonyl (C=O) groups excluding carboxylic acids is 1. The third-order valence-electron chi connectivity index (χ3n) is 4.92. The van der Waals surface area contributed by atoms with Gasteiger partial charge in [0.1, 0.15) is 5.78 Å². The summed E-state index contributed by atoms with van der Waals surface area (Å²) in [4.78, 5) is 22.6. The van der Waals surface area contributed by atoms with Crippen LogP contribution in [0.4, 0.5) is 0 Å². The first-order valence-corrected chi connectivity index (χ1v) is 9.05. The number of allylic oxidation sites excluding steroid dienone is 1. The van der Waals surface area contributed by atoms with Crippen molar-refractivity contribution in [1.82, 2.24) is 0 Å². The van der Waals surface area contributed by atoms with Crippen LogP contribution in [0, 0.1) is 18.8 Å². The smallest absolute Gasteiger partial charge is 0.303 e. The van der Waals surface area contributed by atoms with Gasteiger partial charge < -0.3 is 5.11 Å². The molecule has 1 aliphatic rings. The molecular formula is C21H28O3. The maximum atomic E-state index is 12.1. The maximum absolute atomic E-state index is 12.1. The Balaban J connectivity index is 1.78. The molecule has 2 rings (SSSR count). The average molecular weight is 328 g/mol. The Morgan fingerprint density at radius 3 is 2.58 bits per heavy atom. The first-order valence-electron chi connectivity index (χ1n) is 9.05. The number of benzene rings is 1. The molecule has 130 valence electrons. The molecule has 1 N–H and O–H groups in total. The zero-order valence-electron chi connectivity index (χ0n) is 14.5. The van der Waals surface area contributed by atoms with E-state index in [4.69, 9.17) is 5.11 Å². The summed E-state index contributed by atoms with van der Waals surface area (Å²) in [7, 11) is 0. The lowest BCUT2D eigenvalue weighted by molar-refractivity contribution is -0.137. The molecule has 0 spiro atoms. The third-order valence-corrected chi connectivity index (χ3v) is 4.92. The van der Waals surface area contributed by atoms with E-state index < -0.39 is 5.97 Å². The zero-order valence-corrected chi connectivity index (χ0v) is 14.5. The van der Waals surface area contributed by atoms with E-state index in [2.05, 4.69) is 43.3 Å². The Morgan fingerprint density at radius 2 is 1.88 bits per heavy atom. The van der Waals surface area contributed by atoms with Crippen molar-refractivity contribution >= 4 is 17.8 Å². The summed E-state index contributed by atoms with van der Waals surface area (Å²) >= 11 is 0. The number of hydrogen-bond acceptors (Lipinski definition) is 2. The van der Waals surface area contributed by atoms with Crippen LogP contribution in [0.25, 0.3) is 6.08 Å². The van der Waals surface area contributed by atoms with Crippen LogP contribution >= 0.6 is 0 Å². The molecule has 2 unspecified atom stereocenters. The molecule has 0 saturated heterocycles. The molecular weight excluding hydrogens is 300 g/mol. The van der Waals surface area contributed by atoms with Gasteiger partial charge in [0.15, 0.2) is 0 Å². The van der Waals surface area contributed by atoms with Gasteiger partial charge in [-0.2, -0.15) is 0 Å². The minimum absolute atomic E-state index is 0.158. The molecule has 0 radical (unpaired) electrons. The van der Waals surface area contributed by atoms with Crippen molar-refractivity contribution in [2.24, 2.45) is 11.8 Å². The Hall–Kier alpha value is -1.90. The van der Waals surface area contributed by atoms with Crippen LogP contribution < -0.4 is 0 Å². The Bertz CT molecular complexity index is 571. The highest BCUT2D eigenvalue weighted by molar-refractivity contribution is 5.83. The molecule has 1 aromatic carbocycles. The summed E-state index contributed by atoms with van der Waals surface area (Å²) in [5, 5.41) is 8.63. The molecule has 0 amide bonds. The van der Waals surface area contributed by atoms with Crippen molar-refractivity contribution in [2.75, 3.05) is 0 Å². The Kier molecular flexibility index (Phi) is 7.23. The quantitative estimate of drug-likeness (QED) is 0.647. The minimum Gasteiger partial charge on any atom is -0.481 e. The van der Waals surface area contributed by atoms with Crippen LogP contribution in [0.2, 0.25) is 0 Å². The van der Waals surface area contributed by atoms with Crippen molar-refractivity contribution in [1.29, 1.82) is 0 Å². The number of aryl methyl sites for hydroxylation is 1. The third kappa shape index (κ3) is 5.95. The van der Waals surface area contributed by atoms with Crippen molar-refractivity contribution in [3.63, 3.8) is 0 Å². The molecule has 0 aromatic heterocycles. The van der Waals surface area contributed by atoms with Gasteiger partial charge >= 0.3 is 5.97 Å². The van der Waals surface area contributed by atoms with E-state index in [1.54, 1.807) is 0 Å². The van der Waals surface area contributed by atoms with Gasteiger partial charge in [-0.15, -0.1) is 0 Å². The maximum Gasteiger partial charge on any atom is 0.303 e. The van der Waals surface area contributed by atoms with Crippen LogP contribution in [-0.4, -0.2) is 16.9 Å². The fraction of sp³-hybridized carbons (Fsp3) is 0.524. The van der Waals surface area contributed by atoms with Gasteiger partial charge in [0.05, 0.1) is 0 Å². The fourth-order valence-corrected chi connectivity index (χ4v) is 3.45. The van der Waals surface area contributed by atoms with E-state index in [1.165, 1.54) is 11.1 Å². The summed E-state index contributed by atoms with van der Waals surface area (Å²) in [6, 6.07) is 8.43. The van der Waals surface area contributed by atoms with Crippen LogP contribution in [-0.2, 0) is 9.59 Å². The van der Waals surface area contributed by atoms with Gasteiger partial charge in [-0.25, -0.2) is 0 Å². The molecule has 0 heterocycles. The van der Waals surface area contributed by atoms with E-state index in [9.17, 15) is 9.59 Å². The number of Topliss-reactive ketones (excluding diaryl/α,β-unsaturated/α-hetero) is 1. The van der Waals surface area contributed by atoms with E-state index in [-0.39, 0.29) is 12.3 Å². The van der Waals surface area contributed by atoms with E-state index in [1.807, 2.05) is 0 Å². The predicted molar refractivity (Wildman–Crippen MR) is 96.8 cm³/mol. The number of hydrogen-bond donors (Lipinski definition) is 1. The van der Waals surface area contributed by atoms with Crippen molar-refractivity contribution in [2.45, 2.75) is 58.3 Å². The number of rotatable bonds is 9. The molecule has 3 heteroatoms. The zero-order chi connectivity index (χ0) is 17.4. The predicted octanol–water partition coefficient (Wildman–Crippen LogP) is 5.03. The van der Waals surface area contributed by atoms with E-state index >= 15 is 0 Å². The van der Waals surface area contributed by atoms with Gasteiger partial charge in [0, 0.05) is 18.8 Å². The molecule has 24 heavy (non-hydrogen) atoms. The van der Waals surface area contributed by atoms with E-state index in [0.29, 0.717) is 18.1 Å². The van der Waals surface area contributed by atoms with Crippen molar-refractivity contribution < 1.29 is 14.7 Å². The van der Waals surface area contributed by atoms with Gasteiger partial charge in [0.25, 0.3) is 0 Å². The second-order valence-electron chi connectivity index (χ2n) is 6.89. The van der Waals surface area contributed by atoms with Crippen LogP contribution in [0.3, 0.4) is 0 Å². The van der Waals surface area contributed by atoms with Gasteiger partial charge in [-0.3, -0.25) is 9.59 Å². The summed E-state index contributed by atoms with van der Waals surface area (Å²) in [5.41, 5.74) is 2.44. The van der Waals surface area contributed by atoms with Crippen molar-refractivity contribution in [3.8, 4) is 0 Å². The summed E-state index contributed by atoms with van der Waals surface area (Å²) < 4.78 is 0. The molecule has 1 aliphatic carbocycles. The highest BCUT2D eigenvalue weighted by Gasteiger charge is 2.32. The summed E-state index contributed by atoms with van der Waals surface area (Å²) in [6.07, 6.45) is 10.9. The van der Waals surface area contributed by atoms with Crippen molar-refractivity contribution in [3.05, 3.63) is 41.5 Å². The Morgan fingerprint density at radius 1 is 1.17 bits per heavy atom. The average Bonchev–Trinajstić information content (AvgIpc) is 2.90. The van der Waals surface area contributed by atoms with Crippen LogP contribution in [0.15, 0.2) is 30.3 Å². The number of ketones is 1. The van der Waals surface area contributed by atoms with Gasteiger partial charge in [-0.1, -0.05) is 61.2 Å². The lowest BCUT2D eigenvalue weighted by Crippen LogP contribution is -2.13. The molecule has 1 fully saturated rings. The monoisotopic (exact) mass is 328 g/mol. The number of carboxylic acid groups (broad SMARTS) is 1. The van der Waals surface area contributed by atoms with Crippen LogP contribution in [0.1, 0.15) is 62.5 Å². The van der Waals surface area contributed by atoms with Gasteiger partial charge in [0.2, 0.25) is 0 Å². The summed E-state index contributed by atoms with van der Waals surface area (Å²) in [6.45, 7) is 2.08. The molecule has 0 aliphatic heterocycles. The molecule has 2 atom stereocenters. The lowest BCUT2D eigenvalue weighted by Gasteiger charge is -2.14. The highest BCUT2D eigenvalue weighted by atomic mass is 16.4. The minimum atomic E-state index is -0.720. The first kappa shape index (κ1) is 18.4. The van der Waals surface area contributed by atoms with E-state index in [0.717, 1.165) is 38.5 Å². The number of carboxylic acids is 1. The topological polar surface area (TPSA) is 54.4 Å². The molecule has 0 bridgehead atoms. The molecule has 1 aromatic rings. The molecule has 3 nitrogen and oxygen atoms in total. The van der Waals surface area contributed by atoms with Gasteiger partial charge in [-0.05, 0) is 37.7 Å². The fourth-order valence-electron chi connectivity index (χ4n) is 3.45.